The first kappa shape index (κ1) is 12.1. The first-order valence-corrected chi connectivity index (χ1v) is 6.11. The number of nitrogens with zero attached hydrogens (tertiary/aromatic N) is 1. The molecule has 92 valence electrons. The molecule has 0 unspecified atom stereocenters. The van der Waals surface area contributed by atoms with Gasteiger partial charge in [-0.1, -0.05) is 30.3 Å². The second-order valence-corrected chi connectivity index (χ2v) is 4.70. The fraction of sp³-hybridized carbons (Fsp3) is 0.500. The number of benzene rings is 1. The van der Waals surface area contributed by atoms with Gasteiger partial charge in [0.1, 0.15) is 0 Å². The van der Waals surface area contributed by atoms with E-state index >= 15 is 0 Å². The van der Waals surface area contributed by atoms with Gasteiger partial charge in [-0.3, -0.25) is 4.79 Å². The molecule has 1 aromatic rings. The monoisotopic (exact) mass is 233 g/mol. The molecular weight excluding hydrogens is 214 g/mol. The molecule has 1 amide bonds. The highest BCUT2D eigenvalue weighted by atomic mass is 16.5. The van der Waals surface area contributed by atoms with Gasteiger partial charge in [0.25, 0.3) is 0 Å². The Morgan fingerprint density at radius 3 is 2.41 bits per heavy atom. The maximum Gasteiger partial charge on any atom is 0.227 e. The van der Waals surface area contributed by atoms with Crippen LogP contribution in [0.2, 0.25) is 0 Å². The van der Waals surface area contributed by atoms with E-state index in [1.807, 2.05) is 49.1 Å². The number of carbonyl (C=O) groups is 1. The number of morpholine rings is 1. The highest BCUT2D eigenvalue weighted by molar-refractivity contribution is 5.79. The predicted octanol–water partition coefficient (Wildman–Crippen LogP) is 1.86. The van der Waals surface area contributed by atoms with E-state index in [2.05, 4.69) is 0 Å². The molecule has 1 aliphatic heterocycles. The van der Waals surface area contributed by atoms with Crippen LogP contribution in [0.15, 0.2) is 30.3 Å². The zero-order valence-electron chi connectivity index (χ0n) is 10.4. The molecule has 17 heavy (non-hydrogen) atoms. The van der Waals surface area contributed by atoms with Crippen molar-refractivity contribution in [1.29, 1.82) is 0 Å². The molecule has 0 saturated carbocycles. The van der Waals surface area contributed by atoms with Crippen LogP contribution >= 0.6 is 0 Å². The van der Waals surface area contributed by atoms with Crippen LogP contribution in [0.5, 0.6) is 0 Å². The molecule has 1 fully saturated rings. The van der Waals surface area contributed by atoms with E-state index in [0.29, 0.717) is 19.6 Å². The minimum Gasteiger partial charge on any atom is -0.377 e. The summed E-state index contributed by atoms with van der Waals surface area (Å²) in [4.78, 5) is 14.2. The minimum atomic E-state index is 0.176. The molecule has 0 N–H and O–H groups in total. The normalized spacial score (nSPS) is 24.7. The third-order valence-electron chi connectivity index (χ3n) is 3.15. The maximum absolute atomic E-state index is 12.3. The van der Waals surface area contributed by atoms with Gasteiger partial charge >= 0.3 is 0 Å². The van der Waals surface area contributed by atoms with E-state index in [9.17, 15) is 4.79 Å². The van der Waals surface area contributed by atoms with Gasteiger partial charge in [0.05, 0.1) is 31.7 Å². The van der Waals surface area contributed by atoms with Gasteiger partial charge in [-0.05, 0) is 19.4 Å². The molecule has 0 aromatic heterocycles. The average Bonchev–Trinajstić information content (AvgIpc) is 2.30. The fourth-order valence-electron chi connectivity index (χ4n) is 2.36. The number of amides is 1. The van der Waals surface area contributed by atoms with E-state index in [0.717, 1.165) is 5.56 Å². The summed E-state index contributed by atoms with van der Waals surface area (Å²) >= 11 is 0. The van der Waals surface area contributed by atoms with Gasteiger partial charge in [-0.25, -0.2) is 0 Å². The number of hydrogen-bond acceptors (Lipinski definition) is 2. The molecule has 1 heterocycles. The highest BCUT2D eigenvalue weighted by Crippen LogP contribution is 2.15. The summed E-state index contributed by atoms with van der Waals surface area (Å²) in [6, 6.07) is 10.2. The van der Waals surface area contributed by atoms with Gasteiger partial charge in [0.2, 0.25) is 5.91 Å². The van der Waals surface area contributed by atoms with Crippen LogP contribution in [0.1, 0.15) is 19.4 Å². The summed E-state index contributed by atoms with van der Waals surface area (Å²) in [6.45, 7) is 5.37. The summed E-state index contributed by atoms with van der Waals surface area (Å²) in [7, 11) is 0. The fourth-order valence-corrected chi connectivity index (χ4v) is 2.36. The van der Waals surface area contributed by atoms with E-state index in [4.69, 9.17) is 4.74 Å². The van der Waals surface area contributed by atoms with E-state index < -0.39 is 0 Å². The molecule has 3 nitrogen and oxygen atoms in total. The summed E-state index contributed by atoms with van der Waals surface area (Å²) in [5, 5.41) is 0. The van der Waals surface area contributed by atoms with Crippen LogP contribution in [-0.2, 0) is 16.0 Å². The molecule has 0 spiro atoms. The van der Waals surface area contributed by atoms with Crippen molar-refractivity contribution in [2.45, 2.75) is 32.4 Å². The van der Waals surface area contributed by atoms with Gasteiger partial charge < -0.3 is 9.64 Å². The Kier molecular flexibility index (Phi) is 3.79. The zero-order valence-corrected chi connectivity index (χ0v) is 10.4. The molecule has 2 rings (SSSR count). The molecule has 1 aliphatic rings. The molecule has 3 heteroatoms. The molecule has 0 radical (unpaired) electrons. The summed E-state index contributed by atoms with van der Waals surface area (Å²) in [6.07, 6.45) is 0.482. The Morgan fingerprint density at radius 2 is 1.82 bits per heavy atom. The van der Waals surface area contributed by atoms with Crippen LogP contribution in [0.4, 0.5) is 0 Å². The van der Waals surface area contributed by atoms with Crippen molar-refractivity contribution in [3.05, 3.63) is 35.9 Å². The molecule has 1 saturated heterocycles. The SMILES string of the molecule is C[C@@H]1COC[C@H](C)N1C(=O)Cc1ccccc1. The van der Waals surface area contributed by atoms with Gasteiger partial charge in [-0.2, -0.15) is 0 Å². The third kappa shape index (κ3) is 2.86. The Balaban J connectivity index is 2.04. The van der Waals surface area contributed by atoms with E-state index in [1.165, 1.54) is 0 Å². The van der Waals surface area contributed by atoms with Crippen molar-refractivity contribution in [3.8, 4) is 0 Å². The van der Waals surface area contributed by atoms with Crippen molar-refractivity contribution < 1.29 is 9.53 Å². The van der Waals surface area contributed by atoms with Crippen LogP contribution in [0, 0.1) is 0 Å². The number of ether oxygens (including phenoxy) is 1. The molecular formula is C14H19NO2. The summed E-state index contributed by atoms with van der Waals surface area (Å²) in [5.74, 6) is 0.194. The van der Waals surface area contributed by atoms with Crippen molar-refractivity contribution in [3.63, 3.8) is 0 Å². The Hall–Kier alpha value is -1.35. The molecule has 0 aliphatic carbocycles. The number of carbonyl (C=O) groups excluding carboxylic acids is 1. The van der Waals surface area contributed by atoms with Crippen molar-refractivity contribution in [2.75, 3.05) is 13.2 Å². The van der Waals surface area contributed by atoms with Gasteiger partial charge in [0.15, 0.2) is 0 Å². The summed E-state index contributed by atoms with van der Waals surface area (Å²) in [5.41, 5.74) is 1.07. The largest absolute Gasteiger partial charge is 0.377 e. The topological polar surface area (TPSA) is 29.5 Å². The van der Waals surface area contributed by atoms with Crippen LogP contribution in [-0.4, -0.2) is 36.1 Å². The van der Waals surface area contributed by atoms with Gasteiger partial charge in [-0.15, -0.1) is 0 Å². The predicted molar refractivity (Wildman–Crippen MR) is 66.7 cm³/mol. The van der Waals surface area contributed by atoms with E-state index in [-0.39, 0.29) is 18.0 Å². The second-order valence-electron chi connectivity index (χ2n) is 4.70. The van der Waals surface area contributed by atoms with Crippen LogP contribution in [0.3, 0.4) is 0 Å². The first-order valence-electron chi connectivity index (χ1n) is 6.11. The number of rotatable bonds is 2. The van der Waals surface area contributed by atoms with Crippen LogP contribution in [0.25, 0.3) is 0 Å². The van der Waals surface area contributed by atoms with E-state index in [1.54, 1.807) is 0 Å². The maximum atomic E-state index is 12.3. The Morgan fingerprint density at radius 1 is 1.24 bits per heavy atom. The van der Waals surface area contributed by atoms with Crippen molar-refractivity contribution in [1.82, 2.24) is 4.90 Å². The van der Waals surface area contributed by atoms with Crippen molar-refractivity contribution >= 4 is 5.91 Å². The third-order valence-corrected chi connectivity index (χ3v) is 3.15. The lowest BCUT2D eigenvalue weighted by molar-refractivity contribution is -0.143. The lowest BCUT2D eigenvalue weighted by Gasteiger charge is -2.38. The Labute approximate surface area is 102 Å². The average molecular weight is 233 g/mol. The number of hydrogen-bond donors (Lipinski definition) is 0. The second kappa shape index (κ2) is 5.32. The minimum absolute atomic E-state index is 0.176. The summed E-state index contributed by atoms with van der Waals surface area (Å²) < 4.78 is 5.43. The Bertz CT molecular complexity index is 367. The zero-order chi connectivity index (χ0) is 12.3. The van der Waals surface area contributed by atoms with Gasteiger partial charge in [0, 0.05) is 0 Å². The first-order chi connectivity index (χ1) is 8.18. The quantitative estimate of drug-likeness (QED) is 0.780. The smallest absolute Gasteiger partial charge is 0.227 e. The van der Waals surface area contributed by atoms with Crippen molar-refractivity contribution in [2.24, 2.45) is 0 Å². The molecule has 0 bridgehead atoms. The molecule has 2 atom stereocenters. The lowest BCUT2D eigenvalue weighted by atomic mass is 10.1. The lowest BCUT2D eigenvalue weighted by Crippen LogP contribution is -2.53. The standard InChI is InChI=1S/C14H19NO2/c1-11-9-17-10-12(2)15(11)14(16)8-13-6-4-3-5-7-13/h3-7,11-12H,8-10H2,1-2H3/t11-,12+. The molecule has 1 aromatic carbocycles. The van der Waals surface area contributed by atoms with Crippen LogP contribution < -0.4 is 0 Å². The highest BCUT2D eigenvalue weighted by Gasteiger charge is 2.29.